The molecular weight excluding hydrogens is 305 g/mol. The summed E-state index contributed by atoms with van der Waals surface area (Å²) < 4.78 is 14.2. The number of carboxylic acid groups (broad SMARTS) is 1. The minimum atomic E-state index is -0.792. The van der Waals surface area contributed by atoms with Crippen LogP contribution in [0, 0.1) is 5.82 Å². The van der Waals surface area contributed by atoms with E-state index in [0.29, 0.717) is 16.3 Å². The largest absolute Gasteiger partial charge is 0.480 e. The van der Waals surface area contributed by atoms with E-state index in [-0.39, 0.29) is 18.4 Å². The van der Waals surface area contributed by atoms with E-state index in [2.05, 4.69) is 10.3 Å². The number of nitrogens with one attached hydrogen (secondary N) is 1. The van der Waals surface area contributed by atoms with Crippen molar-refractivity contribution in [2.75, 3.05) is 18.4 Å². The quantitative estimate of drug-likeness (QED) is 0.856. The Morgan fingerprint density at radius 2 is 2.32 bits per heavy atom. The van der Waals surface area contributed by atoms with Crippen LogP contribution in [0.1, 0.15) is 19.8 Å². The Kier molecular flexibility index (Phi) is 4.26. The summed E-state index contributed by atoms with van der Waals surface area (Å²) in [5.74, 6) is -1.03. The highest BCUT2D eigenvalue weighted by molar-refractivity contribution is 7.22. The Labute approximate surface area is 131 Å². The number of aromatic nitrogens is 1. The molecule has 0 saturated heterocycles. The van der Waals surface area contributed by atoms with Crippen molar-refractivity contribution >= 4 is 32.7 Å². The van der Waals surface area contributed by atoms with E-state index in [4.69, 9.17) is 5.11 Å². The van der Waals surface area contributed by atoms with E-state index >= 15 is 0 Å². The molecule has 2 N–H and O–H groups in total. The number of fused-ring (bicyclic) bond motifs is 1. The summed E-state index contributed by atoms with van der Waals surface area (Å²) in [5, 5.41) is 12.9. The van der Waals surface area contributed by atoms with Crippen molar-refractivity contribution in [1.82, 2.24) is 9.88 Å². The Balaban J connectivity index is 1.59. The number of hydrogen-bond donors (Lipinski definition) is 2. The van der Waals surface area contributed by atoms with Crippen molar-refractivity contribution in [3.63, 3.8) is 0 Å². The number of carbonyl (C=O) groups is 1. The zero-order valence-electron chi connectivity index (χ0n) is 12.3. The molecule has 0 aliphatic heterocycles. The molecule has 0 atom stereocenters. The van der Waals surface area contributed by atoms with Crippen LogP contribution in [0.25, 0.3) is 10.2 Å². The van der Waals surface area contributed by atoms with Gasteiger partial charge in [0, 0.05) is 12.1 Å². The fourth-order valence-corrected chi connectivity index (χ4v) is 3.78. The number of carboxylic acids is 1. The smallest absolute Gasteiger partial charge is 0.317 e. The molecule has 2 aromatic rings. The lowest BCUT2D eigenvalue weighted by atomic mass is 9.85. The zero-order chi connectivity index (χ0) is 15.7. The predicted molar refractivity (Wildman–Crippen MR) is 84.9 cm³/mol. The first kappa shape index (κ1) is 15.2. The molecule has 3 rings (SSSR count). The maximum Gasteiger partial charge on any atom is 0.317 e. The van der Waals surface area contributed by atoms with Crippen molar-refractivity contribution in [2.24, 2.45) is 0 Å². The van der Waals surface area contributed by atoms with Crippen molar-refractivity contribution in [1.29, 1.82) is 0 Å². The molecule has 1 aliphatic rings. The summed E-state index contributed by atoms with van der Waals surface area (Å²) in [6, 6.07) is 5.47. The first-order valence-corrected chi connectivity index (χ1v) is 8.16. The Hall–Kier alpha value is -1.73. The number of benzene rings is 1. The van der Waals surface area contributed by atoms with Crippen LogP contribution >= 0.6 is 11.3 Å². The van der Waals surface area contributed by atoms with Crippen LogP contribution in [0.2, 0.25) is 0 Å². The molecule has 7 heteroatoms. The Morgan fingerprint density at radius 1 is 1.55 bits per heavy atom. The third-order valence-corrected chi connectivity index (χ3v) is 5.08. The summed E-state index contributed by atoms with van der Waals surface area (Å²) in [7, 11) is 0. The molecule has 0 bridgehead atoms. The van der Waals surface area contributed by atoms with Crippen molar-refractivity contribution < 1.29 is 14.3 Å². The van der Waals surface area contributed by atoms with Gasteiger partial charge in [-0.3, -0.25) is 9.69 Å². The maximum atomic E-state index is 13.6. The van der Waals surface area contributed by atoms with Crippen molar-refractivity contribution in [3.8, 4) is 0 Å². The van der Waals surface area contributed by atoms with Crippen molar-refractivity contribution in [2.45, 2.75) is 31.8 Å². The van der Waals surface area contributed by atoms with Gasteiger partial charge in [-0.15, -0.1) is 0 Å². The molecule has 1 saturated carbocycles. The molecule has 22 heavy (non-hydrogen) atoms. The molecule has 1 aromatic carbocycles. The van der Waals surface area contributed by atoms with Gasteiger partial charge in [0.25, 0.3) is 0 Å². The highest BCUT2D eigenvalue weighted by atomic mass is 32.1. The van der Waals surface area contributed by atoms with Gasteiger partial charge in [0.2, 0.25) is 0 Å². The molecule has 0 radical (unpaired) electrons. The van der Waals surface area contributed by atoms with Crippen LogP contribution in [0.4, 0.5) is 9.52 Å². The lowest BCUT2D eigenvalue weighted by Gasteiger charge is -2.42. The van der Waals surface area contributed by atoms with Gasteiger partial charge in [-0.1, -0.05) is 24.3 Å². The molecule has 5 nitrogen and oxygen atoms in total. The van der Waals surface area contributed by atoms with E-state index in [1.165, 1.54) is 17.4 Å². The molecule has 1 fully saturated rings. The van der Waals surface area contributed by atoms with E-state index in [0.717, 1.165) is 24.5 Å². The monoisotopic (exact) mass is 323 g/mol. The van der Waals surface area contributed by atoms with E-state index < -0.39 is 5.97 Å². The average Bonchev–Trinajstić information content (AvgIpc) is 2.84. The lowest BCUT2D eigenvalue weighted by Crippen LogP contribution is -2.51. The summed E-state index contributed by atoms with van der Waals surface area (Å²) in [5.41, 5.74) is 0.671. The second kappa shape index (κ2) is 6.18. The SMILES string of the molecule is CCN(CC(=O)O)C1CC(Nc2nc3cccc(F)c3s2)C1. The third-order valence-electron chi connectivity index (χ3n) is 4.07. The van der Waals surface area contributed by atoms with Crippen molar-refractivity contribution in [3.05, 3.63) is 24.0 Å². The number of anilines is 1. The van der Waals surface area contributed by atoms with Crippen LogP contribution < -0.4 is 5.32 Å². The van der Waals surface area contributed by atoms with Gasteiger partial charge in [-0.05, 0) is 31.5 Å². The van der Waals surface area contributed by atoms with Crippen LogP contribution in [0.3, 0.4) is 0 Å². The number of thiazole rings is 1. The second-order valence-electron chi connectivity index (χ2n) is 5.53. The topological polar surface area (TPSA) is 65.5 Å². The molecule has 1 aliphatic carbocycles. The average molecular weight is 323 g/mol. The second-order valence-corrected chi connectivity index (χ2v) is 6.53. The number of aliphatic carboxylic acids is 1. The molecule has 0 amide bonds. The number of halogens is 1. The van der Waals surface area contributed by atoms with E-state index in [9.17, 15) is 9.18 Å². The number of hydrogen-bond acceptors (Lipinski definition) is 5. The van der Waals surface area contributed by atoms with Crippen LogP contribution in [0.15, 0.2) is 18.2 Å². The van der Waals surface area contributed by atoms with Crippen LogP contribution in [0.5, 0.6) is 0 Å². The minimum Gasteiger partial charge on any atom is -0.480 e. The number of nitrogens with zero attached hydrogens (tertiary/aromatic N) is 2. The van der Waals surface area contributed by atoms with Gasteiger partial charge in [-0.2, -0.15) is 0 Å². The maximum absolute atomic E-state index is 13.6. The molecule has 0 unspecified atom stereocenters. The molecule has 1 aromatic heterocycles. The normalized spacial score (nSPS) is 21.0. The zero-order valence-corrected chi connectivity index (χ0v) is 13.1. The standard InChI is InChI=1S/C15H18FN3O2S/c1-2-19(8-13(20)21)10-6-9(7-10)17-15-18-12-5-3-4-11(16)14(12)22-15/h3-5,9-10H,2,6-8H2,1H3,(H,17,18)(H,20,21). The predicted octanol–water partition coefficient (Wildman–Crippen LogP) is 2.78. The molecule has 0 spiro atoms. The van der Waals surface area contributed by atoms with Crippen LogP contribution in [-0.4, -0.2) is 46.1 Å². The minimum absolute atomic E-state index is 0.0836. The fraction of sp³-hybridized carbons (Fsp3) is 0.467. The van der Waals surface area contributed by atoms with Gasteiger partial charge in [0.15, 0.2) is 5.13 Å². The summed E-state index contributed by atoms with van der Waals surface area (Å²) in [4.78, 5) is 17.2. The highest BCUT2D eigenvalue weighted by Crippen LogP contribution is 2.33. The van der Waals surface area contributed by atoms with Crippen LogP contribution in [-0.2, 0) is 4.79 Å². The lowest BCUT2D eigenvalue weighted by molar-refractivity contribution is -0.139. The van der Waals surface area contributed by atoms with E-state index in [1.54, 1.807) is 12.1 Å². The van der Waals surface area contributed by atoms with Gasteiger partial charge in [0.1, 0.15) is 5.82 Å². The highest BCUT2D eigenvalue weighted by Gasteiger charge is 2.34. The third kappa shape index (κ3) is 3.05. The molecular formula is C15H18FN3O2S. The van der Waals surface area contributed by atoms with Gasteiger partial charge < -0.3 is 10.4 Å². The van der Waals surface area contributed by atoms with E-state index in [1.807, 2.05) is 11.8 Å². The van der Waals surface area contributed by atoms with Gasteiger partial charge in [0.05, 0.1) is 16.8 Å². The summed E-state index contributed by atoms with van der Waals surface area (Å²) in [6.07, 6.45) is 1.78. The summed E-state index contributed by atoms with van der Waals surface area (Å²) in [6.45, 7) is 2.79. The summed E-state index contributed by atoms with van der Waals surface area (Å²) >= 11 is 1.32. The molecule has 118 valence electrons. The molecule has 1 heterocycles. The fourth-order valence-electron chi connectivity index (χ4n) is 2.83. The number of likely N-dealkylation sites (N-methyl/N-ethyl adjacent to an activating group) is 1. The first-order valence-electron chi connectivity index (χ1n) is 7.34. The number of rotatable bonds is 6. The Morgan fingerprint density at radius 3 is 2.95 bits per heavy atom. The van der Waals surface area contributed by atoms with Gasteiger partial charge in [-0.25, -0.2) is 9.37 Å². The van der Waals surface area contributed by atoms with Gasteiger partial charge >= 0.3 is 5.97 Å². The Bertz CT molecular complexity index is 684. The first-order chi connectivity index (χ1) is 10.6.